The molecule has 0 aliphatic heterocycles. The Morgan fingerprint density at radius 1 is 1.38 bits per heavy atom. The van der Waals surface area contributed by atoms with E-state index in [2.05, 4.69) is 5.32 Å². The van der Waals surface area contributed by atoms with E-state index in [0.717, 1.165) is 0 Å². The Balaban J connectivity index is 2.63. The van der Waals surface area contributed by atoms with Gasteiger partial charge in [-0.05, 0) is 25.7 Å². The van der Waals surface area contributed by atoms with Gasteiger partial charge in [-0.25, -0.2) is 0 Å². The number of aliphatic hydroxyl groups is 1. The Bertz CT molecular complexity index is 279. The maximum Gasteiger partial charge on any atom is 0.307 e. The number of carboxylic acid groups (broad SMARTS) is 1. The fraction of sp³-hybridized carbons (Fsp3) is 0.818. The first-order valence-corrected chi connectivity index (χ1v) is 5.59. The van der Waals surface area contributed by atoms with Gasteiger partial charge in [0.2, 0.25) is 5.91 Å². The highest BCUT2D eigenvalue weighted by atomic mass is 16.4. The number of amides is 1. The van der Waals surface area contributed by atoms with E-state index < -0.39 is 17.8 Å². The standard InChI is InChI=1S/C11H19NO4/c1-6-3-8(9(4-6)11(15)16)10(14)12-7(2)5-13/h6-9,13H,3-5H2,1-2H3,(H,12,14)(H,15,16)/t6?,7?,8-,9+/m0/s1. The van der Waals surface area contributed by atoms with Crippen molar-refractivity contribution in [2.75, 3.05) is 6.61 Å². The average Bonchev–Trinajstić information content (AvgIpc) is 2.60. The van der Waals surface area contributed by atoms with E-state index in [0.29, 0.717) is 12.8 Å². The molecule has 1 aliphatic carbocycles. The number of hydrogen-bond donors (Lipinski definition) is 3. The minimum absolute atomic E-state index is 0.133. The number of hydrogen-bond acceptors (Lipinski definition) is 3. The molecule has 1 saturated carbocycles. The summed E-state index contributed by atoms with van der Waals surface area (Å²) in [5, 5.41) is 20.5. The lowest BCUT2D eigenvalue weighted by Crippen LogP contribution is -2.41. The van der Waals surface area contributed by atoms with Crippen molar-refractivity contribution in [3.63, 3.8) is 0 Å². The lowest BCUT2D eigenvalue weighted by molar-refractivity contribution is -0.146. The van der Waals surface area contributed by atoms with Crippen molar-refractivity contribution in [2.45, 2.75) is 32.7 Å². The molecule has 0 aromatic heterocycles. The summed E-state index contributed by atoms with van der Waals surface area (Å²) in [6.07, 6.45) is 1.17. The van der Waals surface area contributed by atoms with Gasteiger partial charge in [-0.3, -0.25) is 9.59 Å². The molecule has 3 N–H and O–H groups in total. The topological polar surface area (TPSA) is 86.6 Å². The van der Waals surface area contributed by atoms with Crippen molar-refractivity contribution in [3.05, 3.63) is 0 Å². The predicted octanol–water partition coefficient (Wildman–Crippen LogP) is 0.230. The number of aliphatic hydroxyl groups excluding tert-OH is 1. The normalized spacial score (nSPS) is 31.1. The van der Waals surface area contributed by atoms with Gasteiger partial charge in [0.05, 0.1) is 18.4 Å². The molecule has 5 heteroatoms. The van der Waals surface area contributed by atoms with Gasteiger partial charge in [0.25, 0.3) is 0 Å². The third-order valence-electron chi connectivity index (χ3n) is 3.11. The molecule has 0 saturated heterocycles. The molecule has 0 bridgehead atoms. The number of carbonyl (C=O) groups excluding carboxylic acids is 1. The highest BCUT2D eigenvalue weighted by Crippen LogP contribution is 2.36. The zero-order valence-corrected chi connectivity index (χ0v) is 9.64. The molecule has 0 aromatic carbocycles. The number of carbonyl (C=O) groups is 2. The average molecular weight is 229 g/mol. The van der Waals surface area contributed by atoms with Crippen molar-refractivity contribution in [1.82, 2.24) is 5.32 Å². The molecule has 1 fully saturated rings. The molecule has 0 radical (unpaired) electrons. The summed E-state index contributed by atoms with van der Waals surface area (Å²) in [5.41, 5.74) is 0. The fourth-order valence-corrected chi connectivity index (χ4v) is 2.25. The summed E-state index contributed by atoms with van der Waals surface area (Å²) in [6.45, 7) is 3.51. The van der Waals surface area contributed by atoms with Crippen LogP contribution in [0.15, 0.2) is 0 Å². The first-order valence-electron chi connectivity index (χ1n) is 5.59. The second kappa shape index (κ2) is 5.30. The van der Waals surface area contributed by atoms with E-state index in [-0.39, 0.29) is 24.5 Å². The van der Waals surface area contributed by atoms with Crippen LogP contribution in [-0.4, -0.2) is 34.7 Å². The van der Waals surface area contributed by atoms with Gasteiger partial charge in [-0.2, -0.15) is 0 Å². The molecule has 4 atom stereocenters. The fourth-order valence-electron chi connectivity index (χ4n) is 2.25. The van der Waals surface area contributed by atoms with Crippen LogP contribution in [0, 0.1) is 17.8 Å². The molecule has 0 spiro atoms. The molecule has 2 unspecified atom stereocenters. The number of rotatable bonds is 4. The van der Waals surface area contributed by atoms with E-state index in [4.69, 9.17) is 10.2 Å². The molecule has 5 nitrogen and oxygen atoms in total. The smallest absolute Gasteiger partial charge is 0.307 e. The van der Waals surface area contributed by atoms with Crippen LogP contribution in [0.2, 0.25) is 0 Å². The quantitative estimate of drug-likeness (QED) is 0.644. The highest BCUT2D eigenvalue weighted by molar-refractivity contribution is 5.85. The summed E-state index contributed by atoms with van der Waals surface area (Å²) in [5.74, 6) is -1.93. The lowest BCUT2D eigenvalue weighted by Gasteiger charge is -2.18. The second-order valence-corrected chi connectivity index (χ2v) is 4.72. The lowest BCUT2D eigenvalue weighted by atomic mass is 9.95. The van der Waals surface area contributed by atoms with Crippen molar-refractivity contribution in [3.8, 4) is 0 Å². The molecule has 1 rings (SSSR count). The zero-order valence-electron chi connectivity index (χ0n) is 9.64. The van der Waals surface area contributed by atoms with Crippen LogP contribution in [-0.2, 0) is 9.59 Å². The second-order valence-electron chi connectivity index (χ2n) is 4.72. The van der Waals surface area contributed by atoms with Gasteiger partial charge in [0, 0.05) is 6.04 Å². The van der Waals surface area contributed by atoms with Crippen LogP contribution in [0.4, 0.5) is 0 Å². The molecular weight excluding hydrogens is 210 g/mol. The van der Waals surface area contributed by atoms with Crippen molar-refractivity contribution < 1.29 is 19.8 Å². The third-order valence-corrected chi connectivity index (χ3v) is 3.11. The molecule has 0 heterocycles. The Hall–Kier alpha value is -1.10. The largest absolute Gasteiger partial charge is 0.481 e. The van der Waals surface area contributed by atoms with Gasteiger partial charge in [0.15, 0.2) is 0 Å². The Morgan fingerprint density at radius 2 is 1.94 bits per heavy atom. The summed E-state index contributed by atoms with van der Waals surface area (Å²) in [4.78, 5) is 22.8. The SMILES string of the molecule is CC1C[C@H](C(=O)NC(C)CO)[C@H](C(=O)O)C1. The molecule has 92 valence electrons. The van der Waals surface area contributed by atoms with Crippen LogP contribution in [0.5, 0.6) is 0 Å². The van der Waals surface area contributed by atoms with Crippen LogP contribution < -0.4 is 5.32 Å². The summed E-state index contributed by atoms with van der Waals surface area (Å²) in [7, 11) is 0. The van der Waals surface area contributed by atoms with Crippen molar-refractivity contribution >= 4 is 11.9 Å². The number of nitrogens with one attached hydrogen (secondary N) is 1. The molecule has 0 aromatic rings. The molecule has 1 amide bonds. The van der Waals surface area contributed by atoms with Crippen LogP contribution in [0.25, 0.3) is 0 Å². The van der Waals surface area contributed by atoms with E-state index in [9.17, 15) is 9.59 Å². The summed E-state index contributed by atoms with van der Waals surface area (Å²) in [6, 6.07) is -0.321. The molecule has 16 heavy (non-hydrogen) atoms. The Labute approximate surface area is 94.8 Å². The Morgan fingerprint density at radius 3 is 2.44 bits per heavy atom. The van der Waals surface area contributed by atoms with E-state index in [1.54, 1.807) is 6.92 Å². The maximum absolute atomic E-state index is 11.8. The van der Waals surface area contributed by atoms with Gasteiger partial charge >= 0.3 is 5.97 Å². The van der Waals surface area contributed by atoms with E-state index in [1.165, 1.54) is 0 Å². The van der Waals surface area contributed by atoms with Crippen molar-refractivity contribution in [2.24, 2.45) is 17.8 Å². The molecular formula is C11H19NO4. The van der Waals surface area contributed by atoms with Gasteiger partial charge in [0.1, 0.15) is 0 Å². The molecule has 1 aliphatic rings. The minimum Gasteiger partial charge on any atom is -0.481 e. The number of carboxylic acids is 1. The highest BCUT2D eigenvalue weighted by Gasteiger charge is 2.41. The minimum atomic E-state index is -0.902. The zero-order chi connectivity index (χ0) is 12.3. The van der Waals surface area contributed by atoms with Crippen molar-refractivity contribution in [1.29, 1.82) is 0 Å². The monoisotopic (exact) mass is 229 g/mol. The van der Waals surface area contributed by atoms with Crippen LogP contribution >= 0.6 is 0 Å². The van der Waals surface area contributed by atoms with Gasteiger partial charge in [-0.1, -0.05) is 6.92 Å². The van der Waals surface area contributed by atoms with Crippen LogP contribution in [0.1, 0.15) is 26.7 Å². The third kappa shape index (κ3) is 2.95. The first kappa shape index (κ1) is 13.0. The maximum atomic E-state index is 11.8. The van der Waals surface area contributed by atoms with Gasteiger partial charge in [-0.15, -0.1) is 0 Å². The first-order chi connectivity index (χ1) is 7.45. The van der Waals surface area contributed by atoms with E-state index in [1.807, 2.05) is 6.92 Å². The predicted molar refractivity (Wildman–Crippen MR) is 57.7 cm³/mol. The number of aliphatic carboxylic acids is 1. The Kier molecular flexibility index (Phi) is 4.29. The van der Waals surface area contributed by atoms with Gasteiger partial charge < -0.3 is 15.5 Å². The summed E-state index contributed by atoms with van der Waals surface area (Å²) < 4.78 is 0. The summed E-state index contributed by atoms with van der Waals surface area (Å²) >= 11 is 0. The van der Waals surface area contributed by atoms with E-state index >= 15 is 0 Å². The van der Waals surface area contributed by atoms with Crippen LogP contribution in [0.3, 0.4) is 0 Å².